The Hall–Kier alpha value is -2.01. The van der Waals surface area contributed by atoms with E-state index < -0.39 is 12.0 Å². The molecule has 1 heterocycles. The molecule has 1 aromatic carbocycles. The van der Waals surface area contributed by atoms with Crippen LogP contribution in [0.4, 0.5) is 5.69 Å². The van der Waals surface area contributed by atoms with Crippen LogP contribution in [0.1, 0.15) is 35.2 Å². The first-order chi connectivity index (χ1) is 10.5. The van der Waals surface area contributed by atoms with Crippen LogP contribution in [0.25, 0.3) is 0 Å². The van der Waals surface area contributed by atoms with Gasteiger partial charge in [-0.3, -0.25) is 0 Å². The Bertz CT molecular complexity index is 670. The number of hydrogen-bond donors (Lipinski definition) is 1. The van der Waals surface area contributed by atoms with E-state index in [-0.39, 0.29) is 23.4 Å². The van der Waals surface area contributed by atoms with Crippen molar-refractivity contribution in [3.05, 3.63) is 40.4 Å². The van der Waals surface area contributed by atoms with Crippen LogP contribution in [0.15, 0.2) is 24.3 Å². The van der Waals surface area contributed by atoms with Crippen molar-refractivity contribution in [1.82, 2.24) is 0 Å². The van der Waals surface area contributed by atoms with Crippen molar-refractivity contribution >= 4 is 29.2 Å². The first-order valence-corrected chi connectivity index (χ1v) is 7.56. The van der Waals surface area contributed by atoms with E-state index in [1.54, 1.807) is 6.92 Å². The maximum absolute atomic E-state index is 12.2. The summed E-state index contributed by atoms with van der Waals surface area (Å²) in [4.78, 5) is 23.6. The summed E-state index contributed by atoms with van der Waals surface area (Å²) in [6.07, 6.45) is 4.57. The summed E-state index contributed by atoms with van der Waals surface area (Å²) < 4.78 is 5.12. The number of ether oxygens (including phenoxy) is 1. The molecule has 0 unspecified atom stereocenters. The number of esters is 1. The van der Waals surface area contributed by atoms with Crippen molar-refractivity contribution in [1.29, 1.82) is 0 Å². The van der Waals surface area contributed by atoms with Crippen molar-refractivity contribution in [2.24, 2.45) is 5.92 Å². The van der Waals surface area contributed by atoms with Crippen LogP contribution < -0.4 is 10.4 Å². The first kappa shape index (κ1) is 14.9. The molecule has 1 aliphatic carbocycles. The lowest BCUT2D eigenvalue weighted by Crippen LogP contribution is -2.44. The van der Waals surface area contributed by atoms with E-state index in [1.165, 1.54) is 12.1 Å². The van der Waals surface area contributed by atoms with E-state index in [0.717, 1.165) is 0 Å². The molecule has 0 amide bonds. The number of nitrogens with one attached hydrogen (secondary N) is 1. The first-order valence-electron chi connectivity index (χ1n) is 7.18. The van der Waals surface area contributed by atoms with Crippen LogP contribution in [0.5, 0.6) is 0 Å². The number of benzene rings is 1. The summed E-state index contributed by atoms with van der Waals surface area (Å²) in [5.74, 6) is -1.86. The van der Waals surface area contributed by atoms with Crippen LogP contribution in [-0.2, 0) is 9.53 Å². The van der Waals surface area contributed by atoms with Gasteiger partial charge < -0.3 is 20.0 Å². The average molecular weight is 321 g/mol. The molecule has 116 valence electrons. The Morgan fingerprint density at radius 1 is 1.45 bits per heavy atom. The average Bonchev–Trinajstić information content (AvgIpc) is 2.96. The van der Waals surface area contributed by atoms with Crippen LogP contribution in [0.2, 0.25) is 5.02 Å². The number of carboxylic acids is 1. The number of anilines is 1. The van der Waals surface area contributed by atoms with E-state index in [1.807, 2.05) is 12.2 Å². The van der Waals surface area contributed by atoms with Crippen molar-refractivity contribution < 1.29 is 19.4 Å². The van der Waals surface area contributed by atoms with Gasteiger partial charge >= 0.3 is 5.97 Å². The topological polar surface area (TPSA) is 78.5 Å². The van der Waals surface area contributed by atoms with Crippen LogP contribution >= 0.6 is 11.6 Å². The molecule has 0 aromatic heterocycles. The zero-order valence-electron chi connectivity index (χ0n) is 12.0. The summed E-state index contributed by atoms with van der Waals surface area (Å²) in [6, 6.07) is 2.41. The van der Waals surface area contributed by atoms with Gasteiger partial charge in [0.1, 0.15) is 6.04 Å². The molecule has 6 heteroatoms. The maximum atomic E-state index is 12.2. The Kier molecular flexibility index (Phi) is 3.83. The minimum Gasteiger partial charge on any atom is -0.545 e. The third kappa shape index (κ3) is 2.25. The molecule has 0 bridgehead atoms. The molecule has 0 radical (unpaired) electrons. The number of hydrogen-bond acceptors (Lipinski definition) is 5. The molecule has 3 atom stereocenters. The van der Waals surface area contributed by atoms with Gasteiger partial charge in [-0.05, 0) is 25.0 Å². The monoisotopic (exact) mass is 320 g/mol. The van der Waals surface area contributed by atoms with Crippen LogP contribution in [-0.4, -0.2) is 24.6 Å². The van der Waals surface area contributed by atoms with E-state index in [9.17, 15) is 14.7 Å². The van der Waals surface area contributed by atoms with Crippen molar-refractivity contribution in [2.45, 2.75) is 25.3 Å². The van der Waals surface area contributed by atoms with Gasteiger partial charge in [-0.15, -0.1) is 0 Å². The molecule has 0 spiro atoms. The van der Waals surface area contributed by atoms with Gasteiger partial charge in [-0.25, -0.2) is 4.79 Å². The summed E-state index contributed by atoms with van der Waals surface area (Å²) >= 11 is 6.20. The molecule has 2 aliphatic rings. The van der Waals surface area contributed by atoms with E-state index in [2.05, 4.69) is 5.32 Å². The summed E-state index contributed by atoms with van der Waals surface area (Å²) in [6.45, 7) is 2.04. The number of carbonyl (C=O) groups excluding carboxylic acids is 2. The molecule has 0 saturated heterocycles. The summed E-state index contributed by atoms with van der Waals surface area (Å²) in [5, 5.41) is 14.9. The number of halogens is 1. The van der Waals surface area contributed by atoms with Gasteiger partial charge in [-0.1, -0.05) is 29.8 Å². The van der Waals surface area contributed by atoms with Gasteiger partial charge in [0.25, 0.3) is 0 Å². The zero-order chi connectivity index (χ0) is 15.9. The van der Waals surface area contributed by atoms with E-state index in [4.69, 9.17) is 16.3 Å². The Morgan fingerprint density at radius 3 is 2.91 bits per heavy atom. The van der Waals surface area contributed by atoms with Gasteiger partial charge in [-0.2, -0.15) is 0 Å². The fourth-order valence-corrected chi connectivity index (χ4v) is 3.54. The molecule has 3 rings (SSSR count). The number of aromatic carboxylic acids is 1. The minimum absolute atomic E-state index is 0.0804. The van der Waals surface area contributed by atoms with E-state index >= 15 is 0 Å². The van der Waals surface area contributed by atoms with Crippen LogP contribution in [0, 0.1) is 5.92 Å². The number of carbonyl (C=O) groups is 2. The third-order valence-corrected chi connectivity index (χ3v) is 4.54. The molecule has 22 heavy (non-hydrogen) atoms. The fraction of sp³-hybridized carbons (Fsp3) is 0.375. The second-order valence-electron chi connectivity index (χ2n) is 5.40. The van der Waals surface area contributed by atoms with E-state index in [0.29, 0.717) is 29.3 Å². The minimum atomic E-state index is -1.25. The normalized spacial score (nSPS) is 25.1. The molecule has 0 saturated carbocycles. The third-order valence-electron chi connectivity index (χ3n) is 4.23. The predicted molar refractivity (Wildman–Crippen MR) is 79.8 cm³/mol. The highest BCUT2D eigenvalue weighted by atomic mass is 35.5. The molecular formula is C16H15ClNO4-. The Balaban J connectivity index is 2.11. The lowest BCUT2D eigenvalue weighted by molar-refractivity contribution is -0.255. The van der Waals surface area contributed by atoms with Gasteiger partial charge in [0.05, 0.1) is 23.3 Å². The molecule has 5 nitrogen and oxygen atoms in total. The second-order valence-corrected chi connectivity index (χ2v) is 5.81. The lowest BCUT2D eigenvalue weighted by atomic mass is 9.77. The largest absolute Gasteiger partial charge is 0.545 e. The van der Waals surface area contributed by atoms with Crippen molar-refractivity contribution in [3.63, 3.8) is 0 Å². The standard InChI is InChI=1S/C16H16ClNO4/c1-2-22-16(21)13-9-5-3-4-8(9)12-10(15(19)20)6-7-11(17)14(12)18-13/h3-4,6-9,13,18H,2,5H2,1H3,(H,19,20)/p-1/t8-,9-,13+/m0/s1. The number of fused-ring (bicyclic) bond motifs is 3. The summed E-state index contributed by atoms with van der Waals surface area (Å²) in [5.41, 5.74) is 1.18. The Morgan fingerprint density at radius 2 is 2.23 bits per heavy atom. The number of allylic oxidation sites excluding steroid dienone is 2. The zero-order valence-corrected chi connectivity index (χ0v) is 12.7. The lowest BCUT2D eigenvalue weighted by Gasteiger charge is -2.37. The summed E-state index contributed by atoms with van der Waals surface area (Å²) in [7, 11) is 0. The quantitative estimate of drug-likeness (QED) is 0.677. The molecule has 0 fully saturated rings. The van der Waals surface area contributed by atoms with Crippen molar-refractivity contribution in [2.75, 3.05) is 11.9 Å². The highest BCUT2D eigenvalue weighted by molar-refractivity contribution is 6.33. The highest BCUT2D eigenvalue weighted by Crippen LogP contribution is 2.48. The number of rotatable bonds is 3. The van der Waals surface area contributed by atoms with Gasteiger partial charge in [0, 0.05) is 17.4 Å². The van der Waals surface area contributed by atoms with Crippen molar-refractivity contribution in [3.8, 4) is 0 Å². The highest BCUT2D eigenvalue weighted by Gasteiger charge is 2.43. The fourth-order valence-electron chi connectivity index (χ4n) is 3.32. The predicted octanol–water partition coefficient (Wildman–Crippen LogP) is 1.72. The Labute approximate surface area is 132 Å². The molecular weight excluding hydrogens is 306 g/mol. The number of carboxylic acid groups (broad SMARTS) is 1. The second kappa shape index (κ2) is 5.65. The molecule has 1 aromatic rings. The van der Waals surface area contributed by atoms with Gasteiger partial charge in [0.2, 0.25) is 0 Å². The van der Waals surface area contributed by atoms with Gasteiger partial charge in [0.15, 0.2) is 0 Å². The maximum Gasteiger partial charge on any atom is 0.328 e. The van der Waals surface area contributed by atoms with Crippen LogP contribution in [0.3, 0.4) is 0 Å². The SMILES string of the molecule is CCOC(=O)[C@@H]1Nc2c(Cl)ccc(C(=O)[O-])c2[C@H]2C=CC[C@@H]21. The smallest absolute Gasteiger partial charge is 0.328 e. The molecule has 1 aliphatic heterocycles. The molecule has 1 N–H and O–H groups in total.